The molecule has 0 amide bonds. The van der Waals surface area contributed by atoms with Gasteiger partial charge in [-0.3, -0.25) is 0 Å². The fourth-order valence-corrected chi connectivity index (χ4v) is 2.62. The Labute approximate surface area is 132 Å². The van der Waals surface area contributed by atoms with Crippen molar-refractivity contribution in [3.63, 3.8) is 0 Å². The Morgan fingerprint density at radius 3 is 1.41 bits per heavy atom. The van der Waals surface area contributed by atoms with Crippen LogP contribution >= 0.6 is 23.2 Å². The minimum absolute atomic E-state index is 0.259. The van der Waals surface area contributed by atoms with Gasteiger partial charge in [0.15, 0.2) is 0 Å². The summed E-state index contributed by atoms with van der Waals surface area (Å²) in [5, 5.41) is 7.92. The van der Waals surface area contributed by atoms with E-state index in [0.29, 0.717) is 6.07 Å². The highest BCUT2D eigenvalue weighted by atomic mass is 35.5. The molecule has 0 bridgehead atoms. The molecule has 0 unspecified atom stereocenters. The van der Waals surface area contributed by atoms with Gasteiger partial charge in [-0.05, 0) is 11.0 Å². The van der Waals surface area contributed by atoms with E-state index in [1.165, 1.54) is 0 Å². The lowest BCUT2D eigenvalue weighted by molar-refractivity contribution is -0.376. The van der Waals surface area contributed by atoms with E-state index in [1.54, 1.807) is 20.8 Å². The van der Waals surface area contributed by atoms with Crippen molar-refractivity contribution in [2.45, 2.75) is 44.1 Å². The van der Waals surface area contributed by atoms with Crippen molar-refractivity contribution >= 4 is 23.2 Å². The summed E-state index contributed by atoms with van der Waals surface area (Å²) in [6.07, 6.45) is -12.0. The Morgan fingerprint density at radius 1 is 0.773 bits per heavy atom. The predicted octanol–water partition coefficient (Wildman–Crippen LogP) is 5.60. The number of hydrogen-bond donors (Lipinski definition) is 1. The van der Waals surface area contributed by atoms with Crippen LogP contribution in [0.4, 0.5) is 26.3 Å². The van der Waals surface area contributed by atoms with Crippen molar-refractivity contribution in [1.82, 2.24) is 0 Å². The van der Waals surface area contributed by atoms with Crippen LogP contribution in [0.3, 0.4) is 0 Å². The molecule has 0 atom stereocenters. The van der Waals surface area contributed by atoms with Crippen LogP contribution in [0.15, 0.2) is 12.1 Å². The molecule has 0 spiro atoms. The molecule has 0 saturated heterocycles. The molecule has 126 valence electrons. The maximum Gasteiger partial charge on any atom is 0.430 e. The maximum absolute atomic E-state index is 12.9. The van der Waals surface area contributed by atoms with E-state index < -0.39 is 39.0 Å². The van der Waals surface area contributed by atoms with Crippen molar-refractivity contribution < 1.29 is 31.4 Å². The van der Waals surface area contributed by atoms with E-state index in [2.05, 4.69) is 0 Å². The van der Waals surface area contributed by atoms with Crippen molar-refractivity contribution in [1.29, 1.82) is 0 Å². The highest BCUT2D eigenvalue weighted by Gasteiger charge is 2.72. The molecule has 0 aliphatic heterocycles. The predicted molar refractivity (Wildman–Crippen MR) is 71.2 cm³/mol. The van der Waals surface area contributed by atoms with Gasteiger partial charge >= 0.3 is 12.4 Å². The van der Waals surface area contributed by atoms with Crippen LogP contribution in [-0.2, 0) is 11.0 Å². The number of halogens is 8. The van der Waals surface area contributed by atoms with E-state index in [0.717, 1.165) is 6.07 Å². The van der Waals surface area contributed by atoms with Crippen LogP contribution in [0.5, 0.6) is 0 Å². The summed E-state index contributed by atoms with van der Waals surface area (Å²) >= 11 is 11.4. The highest BCUT2D eigenvalue weighted by Crippen LogP contribution is 2.53. The zero-order valence-corrected chi connectivity index (χ0v) is 13.1. The fourth-order valence-electron chi connectivity index (χ4n) is 1.87. The van der Waals surface area contributed by atoms with Gasteiger partial charge in [0.2, 0.25) is 0 Å². The second-order valence-electron chi connectivity index (χ2n) is 5.74. The smallest absolute Gasteiger partial charge is 0.369 e. The van der Waals surface area contributed by atoms with E-state index >= 15 is 0 Å². The highest BCUT2D eigenvalue weighted by molar-refractivity contribution is 6.43. The topological polar surface area (TPSA) is 20.2 Å². The molecule has 1 aromatic rings. The second kappa shape index (κ2) is 5.46. The summed E-state index contributed by atoms with van der Waals surface area (Å²) in [6, 6.07) is 1.49. The van der Waals surface area contributed by atoms with E-state index in [9.17, 15) is 31.4 Å². The average molecular weight is 369 g/mol. The van der Waals surface area contributed by atoms with Crippen LogP contribution in [0.1, 0.15) is 31.9 Å². The Kier molecular flexibility index (Phi) is 4.81. The Hall–Kier alpha value is -0.660. The maximum atomic E-state index is 12.9. The van der Waals surface area contributed by atoms with Gasteiger partial charge in [-0.1, -0.05) is 56.1 Å². The van der Waals surface area contributed by atoms with Gasteiger partial charge in [-0.15, -0.1) is 0 Å². The van der Waals surface area contributed by atoms with Crippen LogP contribution in [0.2, 0.25) is 10.0 Å². The van der Waals surface area contributed by atoms with Crippen molar-refractivity contribution in [3.05, 3.63) is 33.3 Å². The lowest BCUT2D eigenvalue weighted by atomic mass is 9.84. The van der Waals surface area contributed by atoms with Gasteiger partial charge in [0.25, 0.3) is 5.60 Å². The largest absolute Gasteiger partial charge is 0.430 e. The summed E-state index contributed by atoms with van der Waals surface area (Å²) in [5.74, 6) is 0. The minimum Gasteiger partial charge on any atom is -0.369 e. The molecular weight excluding hydrogens is 357 g/mol. The van der Waals surface area contributed by atoms with Gasteiger partial charge in [0.05, 0.1) is 10.0 Å². The van der Waals surface area contributed by atoms with Crippen LogP contribution in [-0.4, -0.2) is 17.5 Å². The number of alkyl halides is 6. The molecule has 0 radical (unpaired) electrons. The number of rotatable bonds is 1. The third kappa shape index (κ3) is 3.03. The molecule has 1 aromatic carbocycles. The van der Waals surface area contributed by atoms with Crippen LogP contribution in [0.25, 0.3) is 0 Å². The molecule has 1 N–H and O–H groups in total. The van der Waals surface area contributed by atoms with Gasteiger partial charge in [0.1, 0.15) is 0 Å². The summed E-state index contributed by atoms with van der Waals surface area (Å²) in [7, 11) is 0. The molecule has 1 rings (SSSR count). The number of aliphatic hydroxyl groups is 1. The van der Waals surface area contributed by atoms with E-state index in [1.807, 2.05) is 0 Å². The summed E-state index contributed by atoms with van der Waals surface area (Å²) in [4.78, 5) is 0. The first-order valence-corrected chi connectivity index (χ1v) is 6.65. The quantitative estimate of drug-likeness (QED) is 0.639. The van der Waals surface area contributed by atoms with Gasteiger partial charge in [-0.2, -0.15) is 26.3 Å². The molecule has 0 saturated carbocycles. The van der Waals surface area contributed by atoms with Gasteiger partial charge < -0.3 is 5.11 Å². The van der Waals surface area contributed by atoms with E-state index in [4.69, 9.17) is 23.2 Å². The van der Waals surface area contributed by atoms with E-state index in [-0.39, 0.29) is 5.56 Å². The molecule has 9 heteroatoms. The lowest BCUT2D eigenvalue weighted by Gasteiger charge is -2.34. The third-order valence-corrected chi connectivity index (χ3v) is 3.98. The van der Waals surface area contributed by atoms with Gasteiger partial charge in [0, 0.05) is 5.56 Å². The second-order valence-corrected chi connectivity index (χ2v) is 6.50. The van der Waals surface area contributed by atoms with Gasteiger partial charge in [-0.25, -0.2) is 0 Å². The molecule has 0 aliphatic rings. The Balaban J connectivity index is 3.72. The first kappa shape index (κ1) is 19.4. The summed E-state index contributed by atoms with van der Waals surface area (Å²) < 4.78 is 77.2. The standard InChI is InChI=1S/C13H12Cl2F6O/c1-10(2,3)6-4-5-7(9(15)8(6)14)11(22,12(16,17)18)13(19,20)21/h4-5,22H,1-3H3. The summed E-state index contributed by atoms with van der Waals surface area (Å²) in [5.41, 5.74) is -7.05. The molecule has 0 heterocycles. The van der Waals surface area contributed by atoms with Crippen LogP contribution < -0.4 is 0 Å². The molecule has 0 aromatic heterocycles. The van der Waals surface area contributed by atoms with Crippen molar-refractivity contribution in [2.75, 3.05) is 0 Å². The molecule has 0 fully saturated rings. The fraction of sp³-hybridized carbons (Fsp3) is 0.538. The summed E-state index contributed by atoms with van der Waals surface area (Å²) in [6.45, 7) is 4.97. The van der Waals surface area contributed by atoms with Crippen LogP contribution in [0, 0.1) is 0 Å². The monoisotopic (exact) mass is 368 g/mol. The lowest BCUT2D eigenvalue weighted by Crippen LogP contribution is -2.54. The zero-order chi connectivity index (χ0) is 17.7. The first-order valence-electron chi connectivity index (χ1n) is 5.90. The SMILES string of the molecule is CC(C)(C)c1ccc(C(O)(C(F)(F)F)C(F)(F)F)c(Cl)c1Cl. The molecule has 0 aliphatic carbocycles. The van der Waals surface area contributed by atoms with Crippen molar-refractivity contribution in [3.8, 4) is 0 Å². The zero-order valence-electron chi connectivity index (χ0n) is 11.6. The molecule has 1 nitrogen and oxygen atoms in total. The Morgan fingerprint density at radius 2 is 1.09 bits per heavy atom. The first-order chi connectivity index (χ1) is 9.55. The molecular formula is C13H12Cl2F6O. The van der Waals surface area contributed by atoms with Crippen molar-refractivity contribution in [2.24, 2.45) is 0 Å². The number of hydrogen-bond acceptors (Lipinski definition) is 1. The molecule has 22 heavy (non-hydrogen) atoms. The minimum atomic E-state index is -6.01. The normalized spacial score (nSPS) is 14.4. The number of benzene rings is 1. The Bertz CT molecular complexity index is 558. The average Bonchev–Trinajstić information content (AvgIpc) is 2.27. The third-order valence-electron chi connectivity index (χ3n) is 3.10.